The van der Waals surface area contributed by atoms with Gasteiger partial charge in [0, 0.05) is 21.6 Å². The molecule has 2 rings (SSSR count). The Morgan fingerprint density at radius 2 is 1.70 bits per heavy atom. The van der Waals surface area contributed by atoms with E-state index in [0.717, 1.165) is 22.3 Å². The van der Waals surface area contributed by atoms with E-state index in [-0.39, 0.29) is 5.91 Å². The first kappa shape index (κ1) is 15.1. The second kappa shape index (κ2) is 7.46. The lowest BCUT2D eigenvalue weighted by molar-refractivity contribution is 0.0953. The molecule has 2 aromatic carbocycles. The van der Waals surface area contributed by atoms with Crippen molar-refractivity contribution in [2.45, 2.75) is 12.8 Å². The van der Waals surface area contributed by atoms with Crippen LogP contribution in [0, 0.1) is 0 Å². The molecule has 0 heterocycles. The van der Waals surface area contributed by atoms with E-state index in [9.17, 15) is 4.79 Å². The van der Waals surface area contributed by atoms with E-state index >= 15 is 0 Å². The Morgan fingerprint density at radius 1 is 1.05 bits per heavy atom. The minimum absolute atomic E-state index is 0.0337. The Morgan fingerprint density at radius 3 is 2.35 bits per heavy atom. The van der Waals surface area contributed by atoms with Gasteiger partial charge in [0.2, 0.25) is 0 Å². The summed E-state index contributed by atoms with van der Waals surface area (Å²) in [6.07, 6.45) is 1.84. The molecule has 0 saturated carbocycles. The zero-order chi connectivity index (χ0) is 14.4. The van der Waals surface area contributed by atoms with Crippen LogP contribution in [0.5, 0.6) is 0 Å². The van der Waals surface area contributed by atoms with Crippen molar-refractivity contribution in [1.82, 2.24) is 5.32 Å². The van der Waals surface area contributed by atoms with Crippen LogP contribution in [-0.2, 0) is 6.42 Å². The van der Waals surface area contributed by atoms with Crippen LogP contribution >= 0.6 is 27.5 Å². The maximum absolute atomic E-state index is 11.9. The number of carbonyl (C=O) groups is 1. The number of carbonyl (C=O) groups excluding carboxylic acids is 1. The second-order valence-electron chi connectivity index (χ2n) is 4.49. The number of hydrogen-bond donors (Lipinski definition) is 1. The van der Waals surface area contributed by atoms with Gasteiger partial charge in [-0.15, -0.1) is 0 Å². The average Bonchev–Trinajstić information content (AvgIpc) is 2.46. The molecule has 0 fully saturated rings. The number of nitrogens with one attached hydrogen (secondary N) is 1. The van der Waals surface area contributed by atoms with Crippen molar-refractivity contribution in [3.8, 4) is 0 Å². The van der Waals surface area contributed by atoms with Crippen molar-refractivity contribution in [2.75, 3.05) is 6.54 Å². The molecule has 4 heteroatoms. The number of aryl methyl sites for hydroxylation is 1. The van der Waals surface area contributed by atoms with Crippen molar-refractivity contribution < 1.29 is 4.79 Å². The molecule has 0 aromatic heterocycles. The topological polar surface area (TPSA) is 29.1 Å². The molecule has 0 aliphatic heterocycles. The van der Waals surface area contributed by atoms with Crippen molar-refractivity contribution in [3.05, 3.63) is 69.2 Å². The third-order valence-electron chi connectivity index (χ3n) is 2.95. The average molecular weight is 353 g/mol. The first-order chi connectivity index (χ1) is 9.65. The zero-order valence-electron chi connectivity index (χ0n) is 10.9. The van der Waals surface area contributed by atoms with Gasteiger partial charge in [0.15, 0.2) is 0 Å². The maximum Gasteiger partial charge on any atom is 0.251 e. The van der Waals surface area contributed by atoms with Crippen LogP contribution in [-0.4, -0.2) is 12.5 Å². The first-order valence-corrected chi connectivity index (χ1v) is 7.60. The third-order valence-corrected chi connectivity index (χ3v) is 3.73. The molecule has 0 radical (unpaired) electrons. The van der Waals surface area contributed by atoms with E-state index in [1.54, 1.807) is 12.1 Å². The van der Waals surface area contributed by atoms with Crippen molar-refractivity contribution in [2.24, 2.45) is 0 Å². The molecule has 2 aromatic rings. The lowest BCUT2D eigenvalue weighted by atomic mass is 10.1. The summed E-state index contributed by atoms with van der Waals surface area (Å²) in [6, 6.07) is 15.1. The van der Waals surface area contributed by atoms with Gasteiger partial charge in [-0.3, -0.25) is 4.79 Å². The normalized spacial score (nSPS) is 10.3. The molecule has 20 heavy (non-hydrogen) atoms. The smallest absolute Gasteiger partial charge is 0.251 e. The van der Waals surface area contributed by atoms with Gasteiger partial charge in [0.25, 0.3) is 5.91 Å². The Balaban J connectivity index is 1.74. The quantitative estimate of drug-likeness (QED) is 0.791. The highest BCUT2D eigenvalue weighted by molar-refractivity contribution is 9.10. The summed E-state index contributed by atoms with van der Waals surface area (Å²) < 4.78 is 0.969. The summed E-state index contributed by atoms with van der Waals surface area (Å²) in [6.45, 7) is 0.664. The fourth-order valence-corrected chi connectivity index (χ4v) is 2.24. The van der Waals surface area contributed by atoms with Gasteiger partial charge in [-0.25, -0.2) is 0 Å². The predicted molar refractivity (Wildman–Crippen MR) is 86.2 cm³/mol. The van der Waals surface area contributed by atoms with Gasteiger partial charge in [-0.2, -0.15) is 0 Å². The van der Waals surface area contributed by atoms with Crippen LogP contribution in [0.25, 0.3) is 0 Å². The Bertz CT molecular complexity index is 566. The lowest BCUT2D eigenvalue weighted by Crippen LogP contribution is -2.24. The summed E-state index contributed by atoms with van der Waals surface area (Å²) >= 11 is 9.18. The van der Waals surface area contributed by atoms with Crippen LogP contribution in [0.2, 0.25) is 5.02 Å². The van der Waals surface area contributed by atoms with E-state index < -0.39 is 0 Å². The molecule has 2 nitrogen and oxygen atoms in total. The van der Waals surface area contributed by atoms with E-state index in [1.807, 2.05) is 36.4 Å². The van der Waals surface area contributed by atoms with Crippen LogP contribution in [0.4, 0.5) is 0 Å². The Kier molecular flexibility index (Phi) is 5.62. The van der Waals surface area contributed by atoms with Gasteiger partial charge in [-0.1, -0.05) is 39.7 Å². The first-order valence-electron chi connectivity index (χ1n) is 6.43. The number of benzene rings is 2. The molecular weight excluding hydrogens is 338 g/mol. The summed E-state index contributed by atoms with van der Waals surface area (Å²) in [5, 5.41) is 3.67. The Hall–Kier alpha value is -1.32. The zero-order valence-corrected chi connectivity index (χ0v) is 13.2. The minimum atomic E-state index is -0.0337. The Labute approximate surface area is 132 Å². The number of amides is 1. The number of hydrogen-bond acceptors (Lipinski definition) is 1. The summed E-state index contributed by atoms with van der Waals surface area (Å²) in [7, 11) is 0. The molecule has 104 valence electrons. The van der Waals surface area contributed by atoms with Gasteiger partial charge in [0.1, 0.15) is 0 Å². The molecule has 1 N–H and O–H groups in total. The summed E-state index contributed by atoms with van der Waals surface area (Å²) in [5.74, 6) is -0.0337. The molecule has 0 saturated heterocycles. The highest BCUT2D eigenvalue weighted by Gasteiger charge is 2.03. The molecular formula is C16H15BrClNO. The van der Waals surface area contributed by atoms with Crippen LogP contribution in [0.15, 0.2) is 53.0 Å². The highest BCUT2D eigenvalue weighted by atomic mass is 79.9. The SMILES string of the molecule is O=C(NCCCc1ccc(Cl)cc1)c1ccc(Br)cc1. The van der Waals surface area contributed by atoms with Crippen molar-refractivity contribution in [3.63, 3.8) is 0 Å². The standard InChI is InChI=1S/C16H15BrClNO/c17-14-7-5-13(6-8-14)16(20)19-11-1-2-12-3-9-15(18)10-4-12/h3-10H,1-2,11H2,(H,19,20). The molecule has 1 amide bonds. The highest BCUT2D eigenvalue weighted by Crippen LogP contribution is 2.11. The summed E-state index contributed by atoms with van der Waals surface area (Å²) in [4.78, 5) is 11.9. The number of rotatable bonds is 5. The van der Waals surface area contributed by atoms with Crippen LogP contribution < -0.4 is 5.32 Å². The van der Waals surface area contributed by atoms with Gasteiger partial charge < -0.3 is 5.32 Å². The molecule has 0 aliphatic rings. The largest absolute Gasteiger partial charge is 0.352 e. The van der Waals surface area contributed by atoms with Crippen LogP contribution in [0.3, 0.4) is 0 Å². The van der Waals surface area contributed by atoms with Crippen molar-refractivity contribution in [1.29, 1.82) is 0 Å². The molecule has 0 unspecified atom stereocenters. The second-order valence-corrected chi connectivity index (χ2v) is 5.84. The fraction of sp³-hybridized carbons (Fsp3) is 0.188. The van der Waals surface area contributed by atoms with Gasteiger partial charge in [-0.05, 0) is 54.8 Å². The monoisotopic (exact) mass is 351 g/mol. The fourth-order valence-electron chi connectivity index (χ4n) is 1.85. The van der Waals surface area contributed by atoms with E-state index in [0.29, 0.717) is 12.1 Å². The van der Waals surface area contributed by atoms with E-state index in [2.05, 4.69) is 21.2 Å². The molecule has 0 aliphatic carbocycles. The summed E-state index contributed by atoms with van der Waals surface area (Å²) in [5.41, 5.74) is 1.91. The molecule has 0 bridgehead atoms. The number of halogens is 2. The lowest BCUT2D eigenvalue weighted by Gasteiger charge is -2.05. The van der Waals surface area contributed by atoms with E-state index in [4.69, 9.17) is 11.6 Å². The van der Waals surface area contributed by atoms with Crippen LogP contribution in [0.1, 0.15) is 22.3 Å². The third kappa shape index (κ3) is 4.66. The molecule has 0 spiro atoms. The maximum atomic E-state index is 11.9. The van der Waals surface area contributed by atoms with Crippen molar-refractivity contribution >= 4 is 33.4 Å². The van der Waals surface area contributed by atoms with Gasteiger partial charge >= 0.3 is 0 Å². The predicted octanol–water partition coefficient (Wildman–Crippen LogP) is 4.47. The van der Waals surface area contributed by atoms with E-state index in [1.165, 1.54) is 5.56 Å². The minimum Gasteiger partial charge on any atom is -0.352 e. The molecule has 0 atom stereocenters. The van der Waals surface area contributed by atoms with Gasteiger partial charge in [0.05, 0.1) is 0 Å².